The van der Waals surface area contributed by atoms with E-state index in [4.69, 9.17) is 4.74 Å². The normalized spacial score (nSPS) is 10.9. The Kier molecular flexibility index (Phi) is 5.99. The molecule has 0 unspecified atom stereocenters. The number of phenolic OH excluding ortho intramolecular Hbond substituents is 1. The molecule has 2 aromatic carbocycles. The van der Waals surface area contributed by atoms with E-state index in [1.165, 1.54) is 62.0 Å². The number of amides is 1. The van der Waals surface area contributed by atoms with E-state index in [1.807, 2.05) is 0 Å². The number of ether oxygens (including phenoxy) is 1. The van der Waals surface area contributed by atoms with Gasteiger partial charge in [-0.1, -0.05) is 6.07 Å². The van der Waals surface area contributed by atoms with Gasteiger partial charge in [0, 0.05) is 24.5 Å². The van der Waals surface area contributed by atoms with Crippen LogP contribution in [0.25, 0.3) is 0 Å². The zero-order valence-electron chi connectivity index (χ0n) is 15.5. The molecule has 1 aromatic heterocycles. The smallest absolute Gasteiger partial charge is 0.261 e. The lowest BCUT2D eigenvalue weighted by Gasteiger charge is -2.10. The van der Waals surface area contributed by atoms with Crippen LogP contribution in [-0.2, 0) is 16.6 Å². The topological polar surface area (TPSA) is 118 Å². The predicted molar refractivity (Wildman–Crippen MR) is 107 cm³/mol. The van der Waals surface area contributed by atoms with Crippen LogP contribution >= 0.6 is 0 Å². The van der Waals surface area contributed by atoms with Crippen molar-refractivity contribution in [2.45, 2.75) is 11.4 Å². The Labute approximate surface area is 168 Å². The van der Waals surface area contributed by atoms with Crippen LogP contribution in [0.2, 0.25) is 0 Å². The van der Waals surface area contributed by atoms with E-state index in [2.05, 4.69) is 15.0 Å². The highest BCUT2D eigenvalue weighted by Gasteiger charge is 2.15. The van der Waals surface area contributed by atoms with Crippen molar-refractivity contribution < 1.29 is 23.1 Å². The van der Waals surface area contributed by atoms with Crippen molar-refractivity contribution in [1.82, 2.24) is 10.3 Å². The minimum atomic E-state index is -3.77. The first-order chi connectivity index (χ1) is 13.9. The van der Waals surface area contributed by atoms with E-state index in [1.54, 1.807) is 12.1 Å². The van der Waals surface area contributed by atoms with E-state index in [0.717, 1.165) is 5.56 Å². The first-order valence-corrected chi connectivity index (χ1v) is 10.0. The lowest BCUT2D eigenvalue weighted by molar-refractivity contribution is 0.0950. The number of hydrogen-bond acceptors (Lipinski definition) is 6. The number of hydrogen-bond donors (Lipinski definition) is 3. The van der Waals surface area contributed by atoms with Crippen LogP contribution < -0.4 is 14.8 Å². The number of nitrogens with zero attached hydrogens (tertiary/aromatic N) is 1. The van der Waals surface area contributed by atoms with Gasteiger partial charge in [0.2, 0.25) is 0 Å². The summed E-state index contributed by atoms with van der Waals surface area (Å²) < 4.78 is 32.3. The molecule has 1 heterocycles. The van der Waals surface area contributed by atoms with Gasteiger partial charge in [0.25, 0.3) is 15.9 Å². The van der Waals surface area contributed by atoms with Gasteiger partial charge in [0.1, 0.15) is 0 Å². The molecule has 0 spiro atoms. The minimum Gasteiger partial charge on any atom is -0.504 e. The predicted octanol–water partition coefficient (Wildman–Crippen LogP) is 2.53. The molecular weight excluding hydrogens is 394 g/mol. The van der Waals surface area contributed by atoms with Gasteiger partial charge in [0.15, 0.2) is 11.5 Å². The Balaban J connectivity index is 1.65. The number of carbonyl (C=O) groups excluding carboxylic acids is 1. The maximum atomic E-state index is 12.4. The van der Waals surface area contributed by atoms with Gasteiger partial charge in [-0.05, 0) is 54.1 Å². The maximum Gasteiger partial charge on any atom is 0.261 e. The first-order valence-electron chi connectivity index (χ1n) is 8.56. The van der Waals surface area contributed by atoms with Gasteiger partial charge in [-0.3, -0.25) is 14.5 Å². The highest BCUT2D eigenvalue weighted by atomic mass is 32.2. The minimum absolute atomic E-state index is 0.0137. The summed E-state index contributed by atoms with van der Waals surface area (Å²) >= 11 is 0. The molecule has 3 N–H and O–H groups in total. The van der Waals surface area contributed by atoms with Crippen LogP contribution in [0, 0.1) is 0 Å². The van der Waals surface area contributed by atoms with Gasteiger partial charge in [-0.2, -0.15) is 0 Å². The summed E-state index contributed by atoms with van der Waals surface area (Å²) in [4.78, 5) is 16.2. The Hall–Kier alpha value is -3.59. The lowest BCUT2D eigenvalue weighted by Crippen LogP contribution is -2.23. The van der Waals surface area contributed by atoms with E-state index in [9.17, 15) is 18.3 Å². The number of aromatic nitrogens is 1. The van der Waals surface area contributed by atoms with Crippen molar-refractivity contribution in [3.8, 4) is 11.5 Å². The summed E-state index contributed by atoms with van der Waals surface area (Å²) in [5.74, 6) is -0.0316. The number of aromatic hydroxyl groups is 1. The molecule has 0 saturated heterocycles. The van der Waals surface area contributed by atoms with Gasteiger partial charge >= 0.3 is 0 Å². The van der Waals surface area contributed by atoms with Gasteiger partial charge < -0.3 is 15.2 Å². The standard InChI is InChI=1S/C20H19N3O5S/c1-28-19-12-14(2-7-18(19)24)13-22-20(25)15-3-5-17(6-4-15)29(26,27)23-16-8-10-21-11-9-16/h2-12,24H,13H2,1H3,(H,21,23)(H,22,25). The molecule has 150 valence electrons. The second-order valence-corrected chi connectivity index (χ2v) is 7.74. The van der Waals surface area contributed by atoms with Crippen molar-refractivity contribution in [3.05, 3.63) is 78.1 Å². The van der Waals surface area contributed by atoms with Crippen molar-refractivity contribution in [3.63, 3.8) is 0 Å². The number of nitrogens with one attached hydrogen (secondary N) is 2. The van der Waals surface area contributed by atoms with Crippen LogP contribution in [0.1, 0.15) is 15.9 Å². The van der Waals surface area contributed by atoms with E-state index in [0.29, 0.717) is 17.0 Å². The second kappa shape index (κ2) is 8.61. The molecule has 0 aliphatic carbocycles. The van der Waals surface area contributed by atoms with Crippen LogP contribution in [0.3, 0.4) is 0 Å². The Morgan fingerprint density at radius 3 is 2.41 bits per heavy atom. The molecule has 9 heteroatoms. The molecule has 0 aliphatic heterocycles. The summed E-state index contributed by atoms with van der Waals surface area (Å²) in [5.41, 5.74) is 1.46. The number of methoxy groups -OCH3 is 1. The zero-order valence-corrected chi connectivity index (χ0v) is 16.3. The molecule has 0 aliphatic rings. The van der Waals surface area contributed by atoms with Crippen molar-refractivity contribution in [2.24, 2.45) is 0 Å². The fourth-order valence-corrected chi connectivity index (χ4v) is 3.59. The average molecular weight is 413 g/mol. The molecule has 3 aromatic rings. The largest absolute Gasteiger partial charge is 0.504 e. The number of anilines is 1. The van der Waals surface area contributed by atoms with Crippen molar-refractivity contribution in [2.75, 3.05) is 11.8 Å². The molecule has 0 radical (unpaired) electrons. The van der Waals surface area contributed by atoms with Gasteiger partial charge in [-0.25, -0.2) is 8.42 Å². The van der Waals surface area contributed by atoms with E-state index < -0.39 is 10.0 Å². The molecule has 1 amide bonds. The SMILES string of the molecule is COc1cc(CNC(=O)c2ccc(S(=O)(=O)Nc3ccncc3)cc2)ccc1O. The molecule has 0 saturated carbocycles. The summed E-state index contributed by atoms with van der Waals surface area (Å²) in [6.07, 6.45) is 2.96. The van der Waals surface area contributed by atoms with Crippen LogP contribution in [0.4, 0.5) is 5.69 Å². The monoisotopic (exact) mass is 413 g/mol. The molecule has 0 atom stereocenters. The number of phenols is 1. The fraction of sp³-hybridized carbons (Fsp3) is 0.100. The highest BCUT2D eigenvalue weighted by Crippen LogP contribution is 2.26. The zero-order chi connectivity index (χ0) is 20.9. The van der Waals surface area contributed by atoms with E-state index in [-0.39, 0.29) is 23.1 Å². The fourth-order valence-electron chi connectivity index (χ4n) is 2.54. The van der Waals surface area contributed by atoms with Crippen LogP contribution in [0.5, 0.6) is 11.5 Å². The molecule has 3 rings (SSSR count). The summed E-state index contributed by atoms with van der Waals surface area (Å²) in [6, 6.07) is 13.4. The number of carbonyl (C=O) groups is 1. The Morgan fingerprint density at radius 2 is 1.76 bits per heavy atom. The van der Waals surface area contributed by atoms with Crippen molar-refractivity contribution in [1.29, 1.82) is 0 Å². The van der Waals surface area contributed by atoms with Gasteiger partial charge in [0.05, 0.1) is 17.7 Å². The van der Waals surface area contributed by atoms with Crippen molar-refractivity contribution >= 4 is 21.6 Å². The number of pyridine rings is 1. The summed E-state index contributed by atoms with van der Waals surface area (Å²) in [7, 11) is -2.33. The first kappa shape index (κ1) is 20.2. The highest BCUT2D eigenvalue weighted by molar-refractivity contribution is 7.92. The third-order valence-electron chi connectivity index (χ3n) is 4.06. The Morgan fingerprint density at radius 1 is 1.07 bits per heavy atom. The molecule has 0 fully saturated rings. The number of sulfonamides is 1. The number of benzene rings is 2. The third-order valence-corrected chi connectivity index (χ3v) is 5.45. The van der Waals surface area contributed by atoms with Crippen LogP contribution in [-0.4, -0.2) is 31.5 Å². The molecule has 8 nitrogen and oxygen atoms in total. The second-order valence-electron chi connectivity index (χ2n) is 6.05. The van der Waals surface area contributed by atoms with Crippen LogP contribution in [0.15, 0.2) is 71.9 Å². The Bertz CT molecular complexity index is 1100. The molecular formula is C20H19N3O5S. The average Bonchev–Trinajstić information content (AvgIpc) is 2.73. The van der Waals surface area contributed by atoms with Gasteiger partial charge in [-0.15, -0.1) is 0 Å². The quantitative estimate of drug-likeness (QED) is 0.548. The number of rotatable bonds is 7. The molecule has 0 bridgehead atoms. The summed E-state index contributed by atoms with van der Waals surface area (Å²) in [6.45, 7) is 0.221. The molecule has 29 heavy (non-hydrogen) atoms. The third kappa shape index (κ3) is 5.02. The lowest BCUT2D eigenvalue weighted by atomic mass is 10.1. The van der Waals surface area contributed by atoms with E-state index >= 15 is 0 Å². The summed E-state index contributed by atoms with van der Waals surface area (Å²) in [5, 5.41) is 12.3. The maximum absolute atomic E-state index is 12.4.